The molecule has 1 amide bonds. The summed E-state index contributed by atoms with van der Waals surface area (Å²) in [6.07, 6.45) is 0. The minimum atomic E-state index is -1.17. The highest BCUT2D eigenvalue weighted by molar-refractivity contribution is 7.17. The molecule has 0 aliphatic heterocycles. The zero-order chi connectivity index (χ0) is 18.0. The lowest BCUT2D eigenvalue weighted by Crippen LogP contribution is -2.14. The minimum absolute atomic E-state index is 0.0210. The largest absolute Gasteiger partial charge is 0.477 e. The summed E-state index contributed by atoms with van der Waals surface area (Å²) in [4.78, 5) is 28.1. The summed E-state index contributed by atoms with van der Waals surface area (Å²) < 4.78 is 0. The summed E-state index contributed by atoms with van der Waals surface area (Å²) >= 11 is 12.8. The third kappa shape index (κ3) is 3.82. The third-order valence-corrected chi connectivity index (χ3v) is 4.89. The molecule has 5 nitrogen and oxygen atoms in total. The molecule has 126 valence electrons. The van der Waals surface area contributed by atoms with E-state index < -0.39 is 11.9 Å². The molecule has 0 unspecified atom stereocenters. The van der Waals surface area contributed by atoms with Crippen molar-refractivity contribution in [3.8, 4) is 10.6 Å². The van der Waals surface area contributed by atoms with Gasteiger partial charge in [-0.25, -0.2) is 9.78 Å². The second-order valence-corrected chi connectivity index (χ2v) is 6.79. The fraction of sp³-hybridized carbons (Fsp3) is 0. The summed E-state index contributed by atoms with van der Waals surface area (Å²) in [5, 5.41) is 12.9. The molecule has 25 heavy (non-hydrogen) atoms. The van der Waals surface area contributed by atoms with Crippen LogP contribution >= 0.6 is 34.5 Å². The van der Waals surface area contributed by atoms with E-state index in [2.05, 4.69) is 10.3 Å². The number of hydrogen-bond acceptors (Lipinski definition) is 4. The Kier molecular flexibility index (Phi) is 5.03. The lowest BCUT2D eigenvalue weighted by molar-refractivity contribution is 0.0703. The molecule has 0 bridgehead atoms. The van der Waals surface area contributed by atoms with Crippen molar-refractivity contribution >= 4 is 52.2 Å². The highest BCUT2D eigenvalue weighted by Gasteiger charge is 2.21. The highest BCUT2D eigenvalue weighted by Crippen LogP contribution is 2.31. The molecule has 3 rings (SSSR count). The lowest BCUT2D eigenvalue weighted by atomic mass is 10.2. The molecular weight excluding hydrogens is 383 g/mol. The van der Waals surface area contributed by atoms with E-state index in [4.69, 9.17) is 23.2 Å². The highest BCUT2D eigenvalue weighted by atomic mass is 35.5. The van der Waals surface area contributed by atoms with Crippen LogP contribution < -0.4 is 5.32 Å². The van der Waals surface area contributed by atoms with Gasteiger partial charge in [-0.15, -0.1) is 11.3 Å². The molecule has 2 aromatic carbocycles. The molecular formula is C17H10Cl2N2O3S. The van der Waals surface area contributed by atoms with Gasteiger partial charge in [0.15, 0.2) is 10.7 Å². The normalized spacial score (nSPS) is 10.5. The van der Waals surface area contributed by atoms with Crippen LogP contribution in [0.5, 0.6) is 0 Å². The van der Waals surface area contributed by atoms with Crippen LogP contribution in [-0.2, 0) is 0 Å². The van der Waals surface area contributed by atoms with Crippen LogP contribution in [0.3, 0.4) is 0 Å². The van der Waals surface area contributed by atoms with E-state index in [0.717, 1.165) is 16.9 Å². The average molecular weight is 393 g/mol. The van der Waals surface area contributed by atoms with E-state index in [1.807, 2.05) is 30.3 Å². The van der Waals surface area contributed by atoms with Gasteiger partial charge in [-0.05, 0) is 18.2 Å². The van der Waals surface area contributed by atoms with Crippen molar-refractivity contribution in [2.24, 2.45) is 0 Å². The van der Waals surface area contributed by atoms with Crippen molar-refractivity contribution in [3.63, 3.8) is 0 Å². The van der Waals surface area contributed by atoms with Crippen LogP contribution in [0.2, 0.25) is 10.0 Å². The van der Waals surface area contributed by atoms with Crippen LogP contribution in [0.15, 0.2) is 48.5 Å². The minimum Gasteiger partial charge on any atom is -0.477 e. The Hall–Kier alpha value is -2.41. The molecule has 0 saturated carbocycles. The van der Waals surface area contributed by atoms with Crippen LogP contribution in [0, 0.1) is 0 Å². The number of nitrogens with one attached hydrogen (secondary N) is 1. The topological polar surface area (TPSA) is 79.3 Å². The van der Waals surface area contributed by atoms with E-state index >= 15 is 0 Å². The first-order chi connectivity index (χ1) is 12.0. The number of thiazole rings is 1. The van der Waals surface area contributed by atoms with E-state index in [-0.39, 0.29) is 21.3 Å². The number of halogens is 2. The first-order valence-corrected chi connectivity index (χ1v) is 8.59. The molecule has 0 fully saturated rings. The fourth-order valence-electron chi connectivity index (χ4n) is 2.10. The Labute approximate surface area is 156 Å². The maximum absolute atomic E-state index is 12.4. The molecule has 1 heterocycles. The molecule has 0 atom stereocenters. The molecule has 2 N–H and O–H groups in total. The van der Waals surface area contributed by atoms with Gasteiger partial charge < -0.3 is 10.4 Å². The van der Waals surface area contributed by atoms with Crippen molar-refractivity contribution in [1.82, 2.24) is 4.98 Å². The SMILES string of the molecule is O=C(Nc1nc(-c2ccccc2)sc1C(=O)O)c1ccc(Cl)cc1Cl. The van der Waals surface area contributed by atoms with Crippen molar-refractivity contribution < 1.29 is 14.7 Å². The average Bonchev–Trinajstić information content (AvgIpc) is 2.99. The lowest BCUT2D eigenvalue weighted by Gasteiger charge is -2.05. The first kappa shape index (κ1) is 17.4. The van der Waals surface area contributed by atoms with Gasteiger partial charge in [0.05, 0.1) is 10.6 Å². The number of carbonyl (C=O) groups excluding carboxylic acids is 1. The number of amides is 1. The zero-order valence-electron chi connectivity index (χ0n) is 12.5. The number of rotatable bonds is 4. The number of carbonyl (C=O) groups is 2. The number of aromatic nitrogens is 1. The maximum Gasteiger partial charge on any atom is 0.349 e. The van der Waals surface area contributed by atoms with Crippen LogP contribution in [0.1, 0.15) is 20.0 Å². The Bertz CT molecular complexity index is 958. The third-order valence-electron chi connectivity index (χ3n) is 3.25. The number of aromatic carboxylic acids is 1. The van der Waals surface area contributed by atoms with Gasteiger partial charge in [0.25, 0.3) is 5.91 Å². The summed E-state index contributed by atoms with van der Waals surface area (Å²) in [5.41, 5.74) is 0.941. The number of nitrogens with zero attached hydrogens (tertiary/aromatic N) is 1. The Morgan fingerprint density at radius 2 is 1.80 bits per heavy atom. The maximum atomic E-state index is 12.4. The molecule has 0 saturated heterocycles. The Morgan fingerprint density at radius 1 is 1.08 bits per heavy atom. The van der Waals surface area contributed by atoms with Crippen LogP contribution in [0.25, 0.3) is 10.6 Å². The van der Waals surface area contributed by atoms with Crippen LogP contribution in [0.4, 0.5) is 5.82 Å². The van der Waals surface area contributed by atoms with Gasteiger partial charge in [0.2, 0.25) is 0 Å². The van der Waals surface area contributed by atoms with Gasteiger partial charge in [0.1, 0.15) is 5.01 Å². The standard InChI is InChI=1S/C17H10Cl2N2O3S/c18-10-6-7-11(12(19)8-10)15(22)20-14-13(17(23)24)25-16(21-14)9-4-2-1-3-5-9/h1-8H,(H,20,22)(H,23,24). The smallest absolute Gasteiger partial charge is 0.349 e. The monoisotopic (exact) mass is 392 g/mol. The molecule has 3 aromatic rings. The molecule has 0 radical (unpaired) electrons. The number of anilines is 1. The summed E-state index contributed by atoms with van der Waals surface area (Å²) in [6, 6.07) is 13.5. The molecule has 0 aliphatic carbocycles. The van der Waals surface area contributed by atoms with E-state index in [0.29, 0.717) is 10.0 Å². The second-order valence-electron chi connectivity index (χ2n) is 4.95. The zero-order valence-corrected chi connectivity index (χ0v) is 14.8. The summed E-state index contributed by atoms with van der Waals surface area (Å²) in [7, 11) is 0. The van der Waals surface area contributed by atoms with Gasteiger partial charge in [0, 0.05) is 10.6 Å². The van der Waals surface area contributed by atoms with E-state index in [1.165, 1.54) is 18.2 Å². The molecule has 8 heteroatoms. The fourth-order valence-corrected chi connectivity index (χ4v) is 3.46. The van der Waals surface area contributed by atoms with Gasteiger partial charge in [-0.1, -0.05) is 53.5 Å². The Balaban J connectivity index is 1.95. The van der Waals surface area contributed by atoms with E-state index in [9.17, 15) is 14.7 Å². The van der Waals surface area contributed by atoms with Crippen molar-refractivity contribution in [3.05, 3.63) is 69.0 Å². The number of hydrogen-bond donors (Lipinski definition) is 2. The molecule has 1 aromatic heterocycles. The predicted molar refractivity (Wildman–Crippen MR) is 98.9 cm³/mol. The summed E-state index contributed by atoms with van der Waals surface area (Å²) in [5.74, 6) is -1.75. The summed E-state index contributed by atoms with van der Waals surface area (Å²) in [6.45, 7) is 0. The predicted octanol–water partition coefficient (Wildman–Crippen LogP) is 5.07. The Morgan fingerprint density at radius 3 is 2.44 bits per heavy atom. The van der Waals surface area contributed by atoms with E-state index in [1.54, 1.807) is 0 Å². The molecule has 0 spiro atoms. The van der Waals surface area contributed by atoms with Gasteiger partial charge in [-0.3, -0.25) is 4.79 Å². The molecule has 0 aliphatic rings. The number of benzene rings is 2. The quantitative estimate of drug-likeness (QED) is 0.649. The van der Waals surface area contributed by atoms with Crippen molar-refractivity contribution in [1.29, 1.82) is 0 Å². The van der Waals surface area contributed by atoms with Crippen LogP contribution in [-0.4, -0.2) is 22.0 Å². The van der Waals surface area contributed by atoms with Gasteiger partial charge >= 0.3 is 5.97 Å². The second kappa shape index (κ2) is 7.23. The van der Waals surface area contributed by atoms with Crippen molar-refractivity contribution in [2.75, 3.05) is 5.32 Å². The van der Waals surface area contributed by atoms with Gasteiger partial charge in [-0.2, -0.15) is 0 Å². The van der Waals surface area contributed by atoms with Crippen molar-refractivity contribution in [2.45, 2.75) is 0 Å². The number of carboxylic acid groups (broad SMARTS) is 1. The first-order valence-electron chi connectivity index (χ1n) is 7.01. The number of carboxylic acids is 1.